The van der Waals surface area contributed by atoms with Gasteiger partial charge >= 0.3 is 12.1 Å². The van der Waals surface area contributed by atoms with Crippen LogP contribution in [0.1, 0.15) is 71.0 Å². The zero-order chi connectivity index (χ0) is 29.1. The van der Waals surface area contributed by atoms with E-state index in [-0.39, 0.29) is 24.7 Å². The van der Waals surface area contributed by atoms with Crippen LogP contribution in [-0.2, 0) is 19.1 Å². The van der Waals surface area contributed by atoms with Crippen LogP contribution in [0.2, 0.25) is 0 Å². The van der Waals surface area contributed by atoms with Gasteiger partial charge in [0.15, 0.2) is 5.60 Å². The van der Waals surface area contributed by atoms with Gasteiger partial charge in [-0.3, -0.25) is 9.59 Å². The summed E-state index contributed by atoms with van der Waals surface area (Å²) in [5.74, 6) is -3.05. The maximum Gasteiger partial charge on any atom is 0.420 e. The number of ketones is 1. The third-order valence-electron chi connectivity index (χ3n) is 9.03. The Morgan fingerprint density at radius 3 is 2.46 bits per heavy atom. The van der Waals surface area contributed by atoms with Crippen LogP contribution >= 0.6 is 11.3 Å². The first-order valence-corrected chi connectivity index (χ1v) is 14.3. The fraction of sp³-hybridized carbons (Fsp3) is 0.750. The van der Waals surface area contributed by atoms with Crippen molar-refractivity contribution in [3.8, 4) is 0 Å². The number of hydrogen-bond acceptors (Lipinski definition) is 8. The molecule has 3 heterocycles. The summed E-state index contributed by atoms with van der Waals surface area (Å²) in [6.07, 6.45) is -8.19. The summed E-state index contributed by atoms with van der Waals surface area (Å²) >= 11 is 1.42. The van der Waals surface area contributed by atoms with Gasteiger partial charge in [0.25, 0.3) is 0 Å². The number of fused-ring (bicyclic) bond motifs is 2. The Morgan fingerprint density at radius 1 is 1.21 bits per heavy atom. The smallest absolute Gasteiger partial charge is 0.420 e. The predicted octanol–water partition coefficient (Wildman–Crippen LogP) is 4.88. The fourth-order valence-corrected chi connectivity index (χ4v) is 6.64. The number of aromatic nitrogens is 1. The second-order valence-corrected chi connectivity index (χ2v) is 13.3. The largest absolute Gasteiger partial charge is 0.458 e. The summed E-state index contributed by atoms with van der Waals surface area (Å²) in [4.78, 5) is 30.6. The van der Waals surface area contributed by atoms with Gasteiger partial charge < -0.3 is 19.7 Å². The molecule has 1 aromatic rings. The number of Topliss-reactive ketones (excluding diaryl/α,β-unsaturated/α-hetero) is 1. The second kappa shape index (κ2) is 10.5. The average molecular weight is 574 g/mol. The molecule has 1 aliphatic carbocycles. The number of epoxide rings is 1. The van der Waals surface area contributed by atoms with Crippen molar-refractivity contribution < 1.29 is 42.4 Å². The number of nitrogens with zero attached hydrogens (tertiary/aromatic N) is 1. The van der Waals surface area contributed by atoms with Crippen molar-refractivity contribution in [3.63, 3.8) is 0 Å². The predicted molar refractivity (Wildman–Crippen MR) is 139 cm³/mol. The van der Waals surface area contributed by atoms with E-state index in [1.54, 1.807) is 32.2 Å². The number of thiazole rings is 1. The van der Waals surface area contributed by atoms with E-state index in [9.17, 15) is 33.0 Å². The summed E-state index contributed by atoms with van der Waals surface area (Å²) < 4.78 is 54.1. The molecule has 1 aromatic heterocycles. The van der Waals surface area contributed by atoms with Crippen molar-refractivity contribution in [2.45, 2.75) is 103 Å². The minimum Gasteiger partial charge on any atom is -0.458 e. The number of aryl methyl sites for hydroxylation is 1. The summed E-state index contributed by atoms with van der Waals surface area (Å²) in [5, 5.41) is 24.5. The van der Waals surface area contributed by atoms with Crippen molar-refractivity contribution in [3.05, 3.63) is 21.7 Å². The van der Waals surface area contributed by atoms with Gasteiger partial charge in [-0.2, -0.15) is 13.2 Å². The minimum atomic E-state index is -4.63. The lowest BCUT2D eigenvalue weighted by Gasteiger charge is -2.34. The highest BCUT2D eigenvalue weighted by molar-refractivity contribution is 7.09. The number of ether oxygens (including phenoxy) is 2. The summed E-state index contributed by atoms with van der Waals surface area (Å²) in [7, 11) is 0. The lowest BCUT2D eigenvalue weighted by Crippen LogP contribution is -2.46. The van der Waals surface area contributed by atoms with E-state index in [4.69, 9.17) is 9.47 Å². The Bertz CT molecular complexity index is 1130. The van der Waals surface area contributed by atoms with E-state index in [0.29, 0.717) is 17.7 Å². The fourth-order valence-electron chi connectivity index (χ4n) is 6.07. The molecule has 0 radical (unpaired) electrons. The van der Waals surface area contributed by atoms with Crippen LogP contribution in [0.4, 0.5) is 13.2 Å². The van der Waals surface area contributed by atoms with Crippen molar-refractivity contribution in [1.29, 1.82) is 0 Å². The van der Waals surface area contributed by atoms with E-state index in [2.05, 4.69) is 4.98 Å². The molecule has 3 fully saturated rings. The molecule has 7 nitrogen and oxygen atoms in total. The number of halogens is 3. The van der Waals surface area contributed by atoms with Crippen LogP contribution in [0.3, 0.4) is 0 Å². The highest BCUT2D eigenvalue weighted by atomic mass is 32.1. The molecule has 0 amide bonds. The number of cyclic esters (lactones) is 1. The minimum absolute atomic E-state index is 0.177. The molecule has 1 saturated carbocycles. The number of hydrogen-bond donors (Lipinski definition) is 2. The first-order chi connectivity index (χ1) is 18.0. The molecule has 9 atom stereocenters. The van der Waals surface area contributed by atoms with Crippen LogP contribution < -0.4 is 0 Å². The molecule has 2 N–H and O–H groups in total. The Morgan fingerprint density at radius 2 is 1.87 bits per heavy atom. The Hall–Kier alpha value is -1.82. The molecule has 218 valence electrons. The molecular weight excluding hydrogens is 535 g/mol. The third-order valence-corrected chi connectivity index (χ3v) is 9.82. The Balaban J connectivity index is 1.67. The zero-order valence-electron chi connectivity index (χ0n) is 23.1. The number of aliphatic hydroxyl groups excluding tert-OH is 2. The lowest BCUT2D eigenvalue weighted by molar-refractivity contribution is -0.187. The van der Waals surface area contributed by atoms with Gasteiger partial charge in [0.1, 0.15) is 18.0 Å². The van der Waals surface area contributed by atoms with Crippen molar-refractivity contribution in [1.82, 2.24) is 4.98 Å². The van der Waals surface area contributed by atoms with Crippen LogP contribution in [0.15, 0.2) is 11.0 Å². The molecule has 4 unspecified atom stereocenters. The summed E-state index contributed by atoms with van der Waals surface area (Å²) in [5.41, 5.74) is -2.60. The van der Waals surface area contributed by atoms with Crippen molar-refractivity contribution in [2.75, 3.05) is 0 Å². The molecule has 0 spiro atoms. The number of esters is 1. The number of carbonyl (C=O) groups excluding carboxylic acids is 2. The SMILES string of the molecule is C/C(=C\c1csc(C)n1)[C@H]1CC2OC2(C(F)(F)F)CC2CC2[C@H](C)[C@@H](O)[C@@H](C)C(=O)C(C)(C)[C@@H](O)CC(=O)O1. The van der Waals surface area contributed by atoms with Gasteiger partial charge in [-0.1, -0.05) is 27.7 Å². The molecule has 0 bridgehead atoms. The van der Waals surface area contributed by atoms with Gasteiger partial charge in [0.05, 0.1) is 34.7 Å². The highest BCUT2D eigenvalue weighted by Crippen LogP contribution is 2.61. The number of carbonyl (C=O) groups is 2. The molecule has 3 aliphatic rings. The Labute approximate surface area is 230 Å². The molecule has 39 heavy (non-hydrogen) atoms. The topological polar surface area (TPSA) is 109 Å². The molecule has 2 aliphatic heterocycles. The van der Waals surface area contributed by atoms with Crippen molar-refractivity contribution in [2.24, 2.45) is 29.1 Å². The highest BCUT2D eigenvalue weighted by Gasteiger charge is 2.74. The first kappa shape index (κ1) is 30.1. The van der Waals surface area contributed by atoms with Gasteiger partial charge in [-0.05, 0) is 56.1 Å². The molecular formula is C28H38F3NO6S. The van der Waals surface area contributed by atoms with E-state index < -0.39 is 71.6 Å². The van der Waals surface area contributed by atoms with Crippen LogP contribution in [-0.4, -0.2) is 63.1 Å². The number of rotatable bonds is 2. The van der Waals surface area contributed by atoms with Crippen molar-refractivity contribution >= 4 is 29.2 Å². The molecule has 0 aromatic carbocycles. The third kappa shape index (κ3) is 5.96. The van der Waals surface area contributed by atoms with E-state index >= 15 is 0 Å². The van der Waals surface area contributed by atoms with E-state index in [0.717, 1.165) is 5.01 Å². The van der Waals surface area contributed by atoms with Crippen LogP contribution in [0, 0.1) is 36.0 Å². The van der Waals surface area contributed by atoms with Gasteiger partial charge in [-0.15, -0.1) is 11.3 Å². The van der Waals surface area contributed by atoms with E-state index in [1.807, 2.05) is 6.92 Å². The maximum absolute atomic E-state index is 14.3. The quantitative estimate of drug-likeness (QED) is 0.384. The summed E-state index contributed by atoms with van der Waals surface area (Å²) in [6.45, 7) is 9.83. The maximum atomic E-state index is 14.3. The second-order valence-electron chi connectivity index (χ2n) is 12.2. The average Bonchev–Trinajstić information content (AvgIpc) is 3.72. The number of aliphatic hydroxyl groups is 2. The Kier molecular flexibility index (Phi) is 8.15. The lowest BCUT2D eigenvalue weighted by atomic mass is 9.72. The normalized spacial score (nSPS) is 39.9. The number of alkyl halides is 3. The van der Waals surface area contributed by atoms with Crippen LogP contribution in [0.5, 0.6) is 0 Å². The first-order valence-electron chi connectivity index (χ1n) is 13.4. The van der Waals surface area contributed by atoms with Gasteiger partial charge in [-0.25, -0.2) is 4.98 Å². The molecule has 11 heteroatoms. The molecule has 4 rings (SSSR count). The van der Waals surface area contributed by atoms with E-state index in [1.165, 1.54) is 25.2 Å². The molecule has 2 saturated heterocycles. The zero-order valence-corrected chi connectivity index (χ0v) is 23.9. The monoisotopic (exact) mass is 573 g/mol. The van der Waals surface area contributed by atoms with Crippen LogP contribution in [0.25, 0.3) is 6.08 Å². The van der Waals surface area contributed by atoms with Gasteiger partial charge in [0, 0.05) is 17.7 Å². The summed E-state index contributed by atoms with van der Waals surface area (Å²) in [6, 6.07) is 0. The standard InChI is InChI=1S/C28H38F3NO6S/c1-13(7-18-12-39-16(4)32-18)20-9-22-27(38-22,28(29,30)31)11-17-8-19(17)14(2)24(35)15(3)25(36)26(5,6)21(33)10-23(34)37-20/h7,12,14-15,17,19-22,24,33,35H,8-11H2,1-6H3/b13-7+/t14-,15+,17?,19?,20+,21-,22?,24+,27?/m0/s1. The van der Waals surface area contributed by atoms with Gasteiger partial charge in [0.2, 0.25) is 0 Å².